The lowest BCUT2D eigenvalue weighted by molar-refractivity contribution is -0.149. The van der Waals surface area contributed by atoms with Gasteiger partial charge in [-0.1, -0.05) is 48.6 Å². The summed E-state index contributed by atoms with van der Waals surface area (Å²) in [5.41, 5.74) is -0.220. The number of Topliss-reactive ketones (excluding diaryl/α,β-unsaturated/α-hetero) is 2. The molecule has 0 saturated carbocycles. The smallest absolute Gasteiger partial charge is 0.308 e. The van der Waals surface area contributed by atoms with Crippen LogP contribution >= 0.6 is 0 Å². The van der Waals surface area contributed by atoms with Gasteiger partial charge in [-0.15, -0.1) is 0 Å². The van der Waals surface area contributed by atoms with Crippen LogP contribution in [0.15, 0.2) is 60.7 Å². The number of esters is 2. The minimum atomic E-state index is -2.24. The van der Waals surface area contributed by atoms with Crippen LogP contribution in [0.2, 0.25) is 0 Å². The summed E-state index contributed by atoms with van der Waals surface area (Å²) in [5.74, 6) is -2.76. The minimum absolute atomic E-state index is 0.000583. The van der Waals surface area contributed by atoms with Gasteiger partial charge in [0, 0.05) is 25.0 Å². The van der Waals surface area contributed by atoms with E-state index in [0.717, 1.165) is 30.9 Å². The maximum Gasteiger partial charge on any atom is 0.308 e. The van der Waals surface area contributed by atoms with E-state index in [-0.39, 0.29) is 22.4 Å². The second kappa shape index (κ2) is 7.80. The van der Waals surface area contributed by atoms with Gasteiger partial charge < -0.3 is 9.47 Å². The van der Waals surface area contributed by atoms with Crippen molar-refractivity contribution >= 4 is 29.1 Å². The molecule has 0 atom stereocenters. The third-order valence-corrected chi connectivity index (χ3v) is 5.30. The van der Waals surface area contributed by atoms with Crippen LogP contribution in [-0.2, 0) is 19.9 Å². The average molecular weight is 416 g/mol. The molecule has 0 N–H and O–H groups in total. The SMILES string of the molecule is CC(=O)Oc1cc(C2=CCCC=C2)ccc1C1(OC(C)=O)C(=O)c2ccccc2C1=O. The molecular formula is C25H20O6. The highest BCUT2D eigenvalue weighted by Crippen LogP contribution is 2.45. The molecule has 2 aliphatic carbocycles. The predicted octanol–water partition coefficient (Wildman–Crippen LogP) is 4.18. The number of rotatable bonds is 4. The number of benzene rings is 2. The monoisotopic (exact) mass is 416 g/mol. The predicted molar refractivity (Wildman–Crippen MR) is 113 cm³/mol. The topological polar surface area (TPSA) is 86.7 Å². The summed E-state index contributed by atoms with van der Waals surface area (Å²) in [6.45, 7) is 2.35. The van der Waals surface area contributed by atoms with E-state index in [9.17, 15) is 19.2 Å². The van der Waals surface area contributed by atoms with Crippen LogP contribution in [0, 0.1) is 0 Å². The van der Waals surface area contributed by atoms with Crippen molar-refractivity contribution in [3.63, 3.8) is 0 Å². The van der Waals surface area contributed by atoms with Gasteiger partial charge in [0.2, 0.25) is 11.6 Å². The second-order valence-corrected chi connectivity index (χ2v) is 7.42. The summed E-state index contributed by atoms with van der Waals surface area (Å²) in [6, 6.07) is 11.1. The van der Waals surface area contributed by atoms with E-state index in [1.807, 2.05) is 12.2 Å². The first kappa shape index (κ1) is 20.5. The molecule has 2 aromatic rings. The lowest BCUT2D eigenvalue weighted by Gasteiger charge is -2.28. The van der Waals surface area contributed by atoms with Gasteiger partial charge in [0.15, 0.2) is 0 Å². The van der Waals surface area contributed by atoms with Crippen LogP contribution in [-0.4, -0.2) is 23.5 Å². The average Bonchev–Trinajstić information content (AvgIpc) is 2.96. The molecule has 0 radical (unpaired) electrons. The lowest BCUT2D eigenvalue weighted by Crippen LogP contribution is -2.43. The molecule has 2 aromatic carbocycles. The van der Waals surface area contributed by atoms with E-state index in [1.165, 1.54) is 25.1 Å². The van der Waals surface area contributed by atoms with Crippen molar-refractivity contribution in [2.45, 2.75) is 32.3 Å². The first-order chi connectivity index (χ1) is 14.8. The Kier molecular flexibility index (Phi) is 5.15. The maximum atomic E-state index is 13.4. The number of ketones is 2. The normalized spacial score (nSPS) is 16.5. The molecule has 4 rings (SSSR count). The molecule has 0 aromatic heterocycles. The molecule has 0 bridgehead atoms. The number of allylic oxidation sites excluding steroid dienone is 4. The van der Waals surface area contributed by atoms with E-state index < -0.39 is 29.1 Å². The summed E-state index contributed by atoms with van der Waals surface area (Å²) in [4.78, 5) is 50.7. The van der Waals surface area contributed by atoms with Crippen molar-refractivity contribution in [3.8, 4) is 5.75 Å². The Morgan fingerprint density at radius 2 is 1.58 bits per heavy atom. The maximum absolute atomic E-state index is 13.4. The van der Waals surface area contributed by atoms with E-state index >= 15 is 0 Å². The molecule has 2 aliphatic rings. The number of ether oxygens (including phenoxy) is 2. The van der Waals surface area contributed by atoms with Crippen molar-refractivity contribution in [1.82, 2.24) is 0 Å². The molecule has 0 fully saturated rings. The second-order valence-electron chi connectivity index (χ2n) is 7.42. The summed E-state index contributed by atoms with van der Waals surface area (Å²) >= 11 is 0. The Bertz CT molecular complexity index is 1150. The fourth-order valence-electron chi connectivity index (χ4n) is 4.03. The highest BCUT2D eigenvalue weighted by Gasteiger charge is 2.58. The third kappa shape index (κ3) is 3.40. The molecule has 0 amide bonds. The van der Waals surface area contributed by atoms with E-state index in [2.05, 4.69) is 6.08 Å². The van der Waals surface area contributed by atoms with Gasteiger partial charge in [0.1, 0.15) is 5.75 Å². The van der Waals surface area contributed by atoms with Gasteiger partial charge in [0.05, 0.1) is 5.56 Å². The van der Waals surface area contributed by atoms with Gasteiger partial charge in [-0.05, 0) is 36.1 Å². The van der Waals surface area contributed by atoms with Crippen molar-refractivity contribution in [3.05, 3.63) is 82.9 Å². The zero-order valence-corrected chi connectivity index (χ0v) is 17.1. The van der Waals surface area contributed by atoms with E-state index in [4.69, 9.17) is 9.47 Å². The number of carbonyl (C=O) groups excluding carboxylic acids is 4. The Morgan fingerprint density at radius 1 is 0.903 bits per heavy atom. The molecule has 156 valence electrons. The number of fused-ring (bicyclic) bond motifs is 1. The van der Waals surface area contributed by atoms with Gasteiger partial charge >= 0.3 is 11.9 Å². The van der Waals surface area contributed by atoms with Crippen LogP contribution in [0.1, 0.15) is 58.5 Å². The Hall–Kier alpha value is -3.80. The number of carbonyl (C=O) groups is 4. The van der Waals surface area contributed by atoms with Crippen LogP contribution in [0.5, 0.6) is 5.75 Å². The highest BCUT2D eigenvalue weighted by atomic mass is 16.6. The Labute approximate surface area is 179 Å². The molecule has 0 spiro atoms. The van der Waals surface area contributed by atoms with Crippen LogP contribution in [0.25, 0.3) is 5.57 Å². The first-order valence-electron chi connectivity index (χ1n) is 9.93. The van der Waals surface area contributed by atoms with Crippen LogP contribution in [0.3, 0.4) is 0 Å². The Morgan fingerprint density at radius 3 is 2.13 bits per heavy atom. The fraction of sp³-hybridized carbons (Fsp3) is 0.200. The minimum Gasteiger partial charge on any atom is -0.437 e. The summed E-state index contributed by atoms with van der Waals surface area (Å²) in [7, 11) is 0. The zero-order valence-electron chi connectivity index (χ0n) is 17.1. The summed E-state index contributed by atoms with van der Waals surface area (Å²) in [6.07, 6.45) is 7.86. The van der Waals surface area contributed by atoms with Crippen molar-refractivity contribution < 1.29 is 28.7 Å². The molecule has 31 heavy (non-hydrogen) atoms. The van der Waals surface area contributed by atoms with Crippen molar-refractivity contribution in [2.24, 2.45) is 0 Å². The summed E-state index contributed by atoms with van der Waals surface area (Å²) < 4.78 is 10.8. The first-order valence-corrected chi connectivity index (χ1v) is 9.93. The molecular weight excluding hydrogens is 396 g/mol. The van der Waals surface area contributed by atoms with Crippen molar-refractivity contribution in [1.29, 1.82) is 0 Å². The summed E-state index contributed by atoms with van der Waals surface area (Å²) in [5, 5.41) is 0. The lowest BCUT2D eigenvalue weighted by atomic mass is 9.86. The van der Waals surface area contributed by atoms with E-state index in [1.54, 1.807) is 24.3 Å². The highest BCUT2D eigenvalue weighted by molar-refractivity contribution is 6.32. The van der Waals surface area contributed by atoms with Crippen molar-refractivity contribution in [2.75, 3.05) is 0 Å². The quantitative estimate of drug-likeness (QED) is 0.422. The largest absolute Gasteiger partial charge is 0.437 e. The van der Waals surface area contributed by atoms with E-state index in [0.29, 0.717) is 0 Å². The molecule has 0 unspecified atom stereocenters. The molecule has 0 saturated heterocycles. The zero-order chi connectivity index (χ0) is 22.2. The standard InChI is InChI=1S/C25H20O6/c1-15(26)30-22-14-18(17-8-4-3-5-9-17)12-13-21(22)25(31-16(2)27)23(28)19-10-6-7-11-20(19)24(25)29/h4,6-14H,3,5H2,1-2H3. The molecule has 6 nitrogen and oxygen atoms in total. The Balaban J connectivity index is 1.94. The molecule has 0 aliphatic heterocycles. The molecule has 0 heterocycles. The van der Waals surface area contributed by atoms with Gasteiger partial charge in [-0.25, -0.2) is 0 Å². The van der Waals surface area contributed by atoms with Gasteiger partial charge in [-0.2, -0.15) is 0 Å². The fourth-order valence-corrected chi connectivity index (χ4v) is 4.03. The van der Waals surface area contributed by atoms with Gasteiger partial charge in [-0.3, -0.25) is 19.2 Å². The number of hydrogen-bond donors (Lipinski definition) is 0. The van der Waals surface area contributed by atoms with Crippen LogP contribution < -0.4 is 4.74 Å². The van der Waals surface area contributed by atoms with Gasteiger partial charge in [0.25, 0.3) is 5.60 Å². The van der Waals surface area contributed by atoms with Crippen LogP contribution in [0.4, 0.5) is 0 Å². The number of hydrogen-bond acceptors (Lipinski definition) is 6. The third-order valence-electron chi connectivity index (χ3n) is 5.30. The molecule has 6 heteroatoms.